The van der Waals surface area contributed by atoms with Crippen LogP contribution in [-0.2, 0) is 10.0 Å². The van der Waals surface area contributed by atoms with Crippen molar-refractivity contribution in [2.24, 2.45) is 0 Å². The Bertz CT molecular complexity index is 971. The van der Waals surface area contributed by atoms with Gasteiger partial charge < -0.3 is 19.7 Å². The molecule has 1 aliphatic rings. The number of aromatic nitrogens is 1. The van der Waals surface area contributed by atoms with Crippen LogP contribution in [0.4, 0.5) is 10.5 Å². The second kappa shape index (κ2) is 9.31. The van der Waals surface area contributed by atoms with Crippen molar-refractivity contribution in [1.29, 1.82) is 0 Å². The van der Waals surface area contributed by atoms with Crippen LogP contribution in [0.25, 0.3) is 0 Å². The number of hydrogen-bond acceptors (Lipinski definition) is 6. The van der Waals surface area contributed by atoms with Crippen LogP contribution in [0.15, 0.2) is 47.5 Å². The summed E-state index contributed by atoms with van der Waals surface area (Å²) in [6, 6.07) is 9.63. The lowest BCUT2D eigenvalue weighted by Gasteiger charge is -2.31. The molecule has 2 aromatic rings. The molecule has 1 saturated heterocycles. The summed E-state index contributed by atoms with van der Waals surface area (Å²) in [5, 5.41) is 2.70. The lowest BCUT2D eigenvalue weighted by atomic mass is 10.1. The maximum Gasteiger partial charge on any atom is 0.321 e. The lowest BCUT2D eigenvalue weighted by molar-refractivity contribution is 0.130. The number of urea groups is 1. The topological polar surface area (TPSA) is 101 Å². The molecule has 2 heterocycles. The van der Waals surface area contributed by atoms with Crippen molar-refractivity contribution in [3.8, 4) is 11.6 Å². The molecule has 1 N–H and O–H groups in total. The highest BCUT2D eigenvalue weighted by Crippen LogP contribution is 2.25. The van der Waals surface area contributed by atoms with E-state index in [4.69, 9.17) is 9.47 Å². The van der Waals surface area contributed by atoms with Gasteiger partial charge in [0, 0.05) is 39.3 Å². The molecular weight excluding hydrogens is 408 g/mol. The molecule has 10 heteroatoms. The van der Waals surface area contributed by atoms with Gasteiger partial charge in [0.2, 0.25) is 15.9 Å². The number of hydrogen-bond donors (Lipinski definition) is 1. The Labute approximate surface area is 176 Å². The summed E-state index contributed by atoms with van der Waals surface area (Å²) in [6.45, 7) is 0.725. The van der Waals surface area contributed by atoms with Gasteiger partial charge in [-0.3, -0.25) is 0 Å². The van der Waals surface area contributed by atoms with Gasteiger partial charge in [0.1, 0.15) is 11.9 Å². The van der Waals surface area contributed by atoms with E-state index in [1.165, 1.54) is 28.6 Å². The number of pyridine rings is 1. The van der Waals surface area contributed by atoms with Gasteiger partial charge in [0.15, 0.2) is 0 Å². The monoisotopic (exact) mass is 434 g/mol. The van der Waals surface area contributed by atoms with Crippen molar-refractivity contribution >= 4 is 21.7 Å². The fourth-order valence-electron chi connectivity index (χ4n) is 3.03. The van der Waals surface area contributed by atoms with Crippen LogP contribution >= 0.6 is 0 Å². The van der Waals surface area contributed by atoms with E-state index in [2.05, 4.69) is 10.3 Å². The normalized spacial score (nSPS) is 15.4. The van der Waals surface area contributed by atoms with E-state index in [0.717, 1.165) is 0 Å². The zero-order valence-electron chi connectivity index (χ0n) is 17.2. The maximum atomic E-state index is 12.9. The summed E-state index contributed by atoms with van der Waals surface area (Å²) in [6.07, 6.45) is 2.52. The summed E-state index contributed by atoms with van der Waals surface area (Å²) < 4.78 is 38.2. The molecule has 3 rings (SSSR count). The summed E-state index contributed by atoms with van der Waals surface area (Å²) in [7, 11) is 1.24. The number of carbonyl (C=O) groups excluding carboxylic acids is 1. The molecule has 0 radical (unpaired) electrons. The van der Waals surface area contributed by atoms with Gasteiger partial charge >= 0.3 is 6.03 Å². The number of benzene rings is 1. The molecule has 0 bridgehead atoms. The van der Waals surface area contributed by atoms with Crippen LogP contribution in [0.3, 0.4) is 0 Å². The molecule has 0 atom stereocenters. The molecule has 0 spiro atoms. The van der Waals surface area contributed by atoms with Gasteiger partial charge in [-0.2, -0.15) is 4.31 Å². The molecular formula is C20H26N4O5S. The predicted octanol–water partition coefficient (Wildman–Crippen LogP) is 2.42. The second-order valence-electron chi connectivity index (χ2n) is 7.11. The van der Waals surface area contributed by atoms with E-state index in [0.29, 0.717) is 43.2 Å². The first-order valence-electron chi connectivity index (χ1n) is 9.55. The number of nitrogens with zero attached hydrogens (tertiary/aromatic N) is 3. The van der Waals surface area contributed by atoms with Gasteiger partial charge in [-0.15, -0.1) is 0 Å². The van der Waals surface area contributed by atoms with Crippen LogP contribution < -0.4 is 14.8 Å². The molecule has 30 heavy (non-hydrogen) atoms. The molecule has 0 aliphatic carbocycles. The van der Waals surface area contributed by atoms with Crippen LogP contribution in [0.1, 0.15) is 12.8 Å². The number of nitrogens with one attached hydrogen (secondary N) is 1. The maximum absolute atomic E-state index is 12.9. The second-order valence-corrected chi connectivity index (χ2v) is 9.05. The Morgan fingerprint density at radius 3 is 2.53 bits per heavy atom. The quantitative estimate of drug-likeness (QED) is 0.749. The Hall–Kier alpha value is -2.85. The van der Waals surface area contributed by atoms with E-state index in [-0.39, 0.29) is 17.0 Å². The van der Waals surface area contributed by atoms with Crippen molar-refractivity contribution in [2.75, 3.05) is 39.6 Å². The zero-order valence-corrected chi connectivity index (χ0v) is 18.1. The van der Waals surface area contributed by atoms with E-state index in [1.807, 2.05) is 0 Å². The fourth-order valence-corrected chi connectivity index (χ4v) is 4.54. The van der Waals surface area contributed by atoms with Gasteiger partial charge in [0.25, 0.3) is 0 Å². The Kier molecular flexibility index (Phi) is 6.78. The van der Waals surface area contributed by atoms with Crippen molar-refractivity contribution in [2.45, 2.75) is 23.8 Å². The molecule has 1 fully saturated rings. The highest BCUT2D eigenvalue weighted by Gasteiger charge is 2.30. The number of rotatable bonds is 6. The SMILES string of the molecule is COc1cccc(S(=O)(=O)N2CCC(Oc3ccc(NC(=O)N(C)C)cn3)CC2)c1. The Morgan fingerprint density at radius 1 is 1.20 bits per heavy atom. The average Bonchev–Trinajstić information content (AvgIpc) is 2.75. The molecule has 0 saturated carbocycles. The Balaban J connectivity index is 1.56. The third-order valence-corrected chi connectivity index (χ3v) is 6.66. The van der Waals surface area contributed by atoms with Gasteiger partial charge in [0.05, 0.1) is 23.9 Å². The minimum absolute atomic E-state index is 0.128. The third-order valence-electron chi connectivity index (χ3n) is 4.76. The average molecular weight is 435 g/mol. The van der Waals surface area contributed by atoms with Crippen molar-refractivity contribution < 1.29 is 22.7 Å². The lowest BCUT2D eigenvalue weighted by Crippen LogP contribution is -2.41. The first-order chi connectivity index (χ1) is 14.3. The number of anilines is 1. The van der Waals surface area contributed by atoms with Gasteiger partial charge in [-0.05, 0) is 31.0 Å². The zero-order chi connectivity index (χ0) is 21.7. The minimum Gasteiger partial charge on any atom is -0.497 e. The number of ether oxygens (including phenoxy) is 2. The highest BCUT2D eigenvalue weighted by molar-refractivity contribution is 7.89. The first-order valence-corrected chi connectivity index (χ1v) is 11.0. The highest BCUT2D eigenvalue weighted by atomic mass is 32.2. The summed E-state index contributed by atoms with van der Waals surface area (Å²) in [5.41, 5.74) is 0.570. The van der Waals surface area contributed by atoms with Crippen molar-refractivity contribution in [3.05, 3.63) is 42.6 Å². The first kappa shape index (κ1) is 21.8. The standard InChI is InChI=1S/C20H26N4O5S/c1-23(2)20(25)22-15-7-8-19(21-14-15)29-16-9-11-24(12-10-16)30(26,27)18-6-4-5-17(13-18)28-3/h4-8,13-14,16H,9-12H2,1-3H3,(H,22,25). The van der Waals surface area contributed by atoms with Crippen LogP contribution in [0, 0.1) is 0 Å². The van der Waals surface area contributed by atoms with Crippen LogP contribution in [-0.4, -0.2) is 69.0 Å². The summed E-state index contributed by atoms with van der Waals surface area (Å²) in [5.74, 6) is 0.942. The molecule has 1 aromatic carbocycles. The van der Waals surface area contributed by atoms with E-state index in [1.54, 1.807) is 44.4 Å². The number of sulfonamides is 1. The molecule has 1 aromatic heterocycles. The molecule has 162 valence electrons. The minimum atomic E-state index is -3.58. The number of piperidine rings is 1. The molecule has 2 amide bonds. The van der Waals surface area contributed by atoms with Gasteiger partial charge in [-0.25, -0.2) is 18.2 Å². The fraction of sp³-hybridized carbons (Fsp3) is 0.400. The van der Waals surface area contributed by atoms with Crippen LogP contribution in [0.5, 0.6) is 11.6 Å². The summed E-state index contributed by atoms with van der Waals surface area (Å²) in [4.78, 5) is 17.5. The molecule has 9 nitrogen and oxygen atoms in total. The van der Waals surface area contributed by atoms with E-state index in [9.17, 15) is 13.2 Å². The predicted molar refractivity (Wildman–Crippen MR) is 112 cm³/mol. The smallest absolute Gasteiger partial charge is 0.321 e. The van der Waals surface area contributed by atoms with E-state index < -0.39 is 10.0 Å². The summed E-state index contributed by atoms with van der Waals surface area (Å²) >= 11 is 0. The van der Waals surface area contributed by atoms with Crippen molar-refractivity contribution in [3.63, 3.8) is 0 Å². The van der Waals surface area contributed by atoms with Gasteiger partial charge in [-0.1, -0.05) is 6.07 Å². The van der Waals surface area contributed by atoms with E-state index >= 15 is 0 Å². The molecule has 1 aliphatic heterocycles. The third kappa shape index (κ3) is 5.19. The molecule has 0 unspecified atom stereocenters. The Morgan fingerprint density at radius 2 is 1.93 bits per heavy atom. The number of methoxy groups -OCH3 is 1. The largest absolute Gasteiger partial charge is 0.497 e. The number of amides is 2. The van der Waals surface area contributed by atoms with Crippen LogP contribution in [0.2, 0.25) is 0 Å². The van der Waals surface area contributed by atoms with Crippen molar-refractivity contribution in [1.82, 2.24) is 14.2 Å². The number of carbonyl (C=O) groups is 1.